The SMILES string of the molecule is OCC(F)(F)CNC1CCC(c2ccccc2)CC1. The Bertz CT molecular complexity index is 375. The lowest BCUT2D eigenvalue weighted by Crippen LogP contribution is -2.42. The van der Waals surface area contributed by atoms with Gasteiger partial charge >= 0.3 is 0 Å². The molecule has 0 heterocycles. The summed E-state index contributed by atoms with van der Waals surface area (Å²) in [5.41, 5.74) is 1.35. The van der Waals surface area contributed by atoms with Crippen LogP contribution in [0.15, 0.2) is 30.3 Å². The van der Waals surface area contributed by atoms with Gasteiger partial charge in [0.25, 0.3) is 5.92 Å². The summed E-state index contributed by atoms with van der Waals surface area (Å²) in [7, 11) is 0. The second-order valence-electron chi connectivity index (χ2n) is 5.35. The van der Waals surface area contributed by atoms with Gasteiger partial charge < -0.3 is 10.4 Å². The van der Waals surface area contributed by atoms with Crippen LogP contribution in [0.1, 0.15) is 37.2 Å². The molecule has 0 amide bonds. The predicted molar refractivity (Wildman–Crippen MR) is 71.5 cm³/mol. The van der Waals surface area contributed by atoms with Crippen LogP contribution in [-0.2, 0) is 0 Å². The molecule has 1 aliphatic rings. The highest BCUT2D eigenvalue weighted by atomic mass is 19.3. The molecule has 0 bridgehead atoms. The maximum absolute atomic E-state index is 12.9. The van der Waals surface area contributed by atoms with Crippen LogP contribution in [0, 0.1) is 0 Å². The quantitative estimate of drug-likeness (QED) is 0.861. The van der Waals surface area contributed by atoms with E-state index in [-0.39, 0.29) is 6.04 Å². The third kappa shape index (κ3) is 4.25. The van der Waals surface area contributed by atoms with Crippen molar-refractivity contribution in [2.45, 2.75) is 43.6 Å². The van der Waals surface area contributed by atoms with Gasteiger partial charge in [-0.15, -0.1) is 0 Å². The van der Waals surface area contributed by atoms with Gasteiger partial charge in [0, 0.05) is 6.04 Å². The predicted octanol–water partition coefficient (Wildman–Crippen LogP) is 2.93. The number of hydrogen-bond donors (Lipinski definition) is 2. The van der Waals surface area contributed by atoms with E-state index in [0.29, 0.717) is 5.92 Å². The van der Waals surface area contributed by atoms with Gasteiger partial charge in [0.1, 0.15) is 6.61 Å². The summed E-state index contributed by atoms with van der Waals surface area (Å²) in [5.74, 6) is -2.45. The van der Waals surface area contributed by atoms with Crippen molar-refractivity contribution in [1.29, 1.82) is 0 Å². The molecular weight excluding hydrogens is 248 g/mol. The normalized spacial score (nSPS) is 24.4. The zero-order valence-electron chi connectivity index (χ0n) is 11.0. The van der Waals surface area contributed by atoms with Crippen LogP contribution in [0.3, 0.4) is 0 Å². The van der Waals surface area contributed by atoms with Gasteiger partial charge in [-0.25, -0.2) is 8.78 Å². The molecule has 19 heavy (non-hydrogen) atoms. The van der Waals surface area contributed by atoms with Crippen molar-refractivity contribution >= 4 is 0 Å². The first-order chi connectivity index (χ1) is 9.11. The average Bonchev–Trinajstić information content (AvgIpc) is 2.47. The molecule has 2 rings (SSSR count). The second-order valence-corrected chi connectivity index (χ2v) is 5.35. The Morgan fingerprint density at radius 2 is 1.74 bits per heavy atom. The van der Waals surface area contributed by atoms with E-state index in [1.165, 1.54) is 5.56 Å². The minimum atomic E-state index is -3.00. The first-order valence-electron chi connectivity index (χ1n) is 6.88. The number of benzene rings is 1. The molecule has 1 fully saturated rings. The molecule has 0 spiro atoms. The van der Waals surface area contributed by atoms with Crippen LogP contribution in [0.2, 0.25) is 0 Å². The fraction of sp³-hybridized carbons (Fsp3) is 0.600. The maximum Gasteiger partial charge on any atom is 0.282 e. The standard InChI is InChI=1S/C15H21F2NO/c16-15(17,11-19)10-18-14-8-6-13(7-9-14)12-4-2-1-3-5-12/h1-5,13-14,18-19H,6-11H2. The Hall–Kier alpha value is -1.00. The molecule has 0 unspecified atom stereocenters. The summed E-state index contributed by atoms with van der Waals surface area (Å²) < 4.78 is 25.9. The topological polar surface area (TPSA) is 32.3 Å². The number of aliphatic hydroxyl groups excluding tert-OH is 1. The summed E-state index contributed by atoms with van der Waals surface area (Å²) in [4.78, 5) is 0. The first kappa shape index (κ1) is 14.4. The van der Waals surface area contributed by atoms with Crippen molar-refractivity contribution in [3.63, 3.8) is 0 Å². The van der Waals surface area contributed by atoms with Crippen LogP contribution in [0.5, 0.6) is 0 Å². The molecule has 2 nitrogen and oxygen atoms in total. The highest BCUT2D eigenvalue weighted by Crippen LogP contribution is 2.32. The van der Waals surface area contributed by atoms with Crippen molar-refractivity contribution < 1.29 is 13.9 Å². The minimum absolute atomic E-state index is 0.150. The molecule has 0 atom stereocenters. The maximum atomic E-state index is 12.9. The molecule has 0 saturated heterocycles. The van der Waals surface area contributed by atoms with E-state index in [9.17, 15) is 8.78 Å². The van der Waals surface area contributed by atoms with E-state index in [1.807, 2.05) is 18.2 Å². The lowest BCUT2D eigenvalue weighted by Gasteiger charge is -2.30. The molecule has 1 saturated carbocycles. The van der Waals surface area contributed by atoms with Crippen molar-refractivity contribution in [2.75, 3.05) is 13.2 Å². The zero-order valence-corrected chi connectivity index (χ0v) is 11.0. The Kier molecular flexibility index (Phi) is 4.88. The summed E-state index contributed by atoms with van der Waals surface area (Å²) in [5, 5.41) is 11.4. The Morgan fingerprint density at radius 3 is 2.32 bits per heavy atom. The van der Waals surface area contributed by atoms with E-state index in [0.717, 1.165) is 25.7 Å². The number of halogens is 2. The van der Waals surface area contributed by atoms with Gasteiger partial charge in [-0.2, -0.15) is 0 Å². The van der Waals surface area contributed by atoms with Gasteiger partial charge in [-0.3, -0.25) is 0 Å². The first-order valence-corrected chi connectivity index (χ1v) is 6.88. The summed E-state index contributed by atoms with van der Waals surface area (Å²) in [6.07, 6.45) is 3.90. The number of nitrogens with one attached hydrogen (secondary N) is 1. The smallest absolute Gasteiger partial charge is 0.282 e. The number of alkyl halides is 2. The van der Waals surface area contributed by atoms with Crippen LogP contribution in [0.25, 0.3) is 0 Å². The molecule has 1 aromatic rings. The molecule has 4 heteroatoms. The van der Waals surface area contributed by atoms with E-state index < -0.39 is 19.1 Å². The molecule has 1 aliphatic carbocycles. The molecule has 0 aromatic heterocycles. The third-order valence-corrected chi connectivity index (χ3v) is 3.88. The summed E-state index contributed by atoms with van der Waals surface area (Å²) >= 11 is 0. The Morgan fingerprint density at radius 1 is 1.11 bits per heavy atom. The van der Waals surface area contributed by atoms with E-state index in [2.05, 4.69) is 17.4 Å². The summed E-state index contributed by atoms with van der Waals surface area (Å²) in [6, 6.07) is 10.5. The van der Waals surface area contributed by atoms with Crippen LogP contribution in [-0.4, -0.2) is 30.2 Å². The number of aliphatic hydroxyl groups is 1. The van der Waals surface area contributed by atoms with Crippen molar-refractivity contribution in [3.05, 3.63) is 35.9 Å². The largest absolute Gasteiger partial charge is 0.390 e. The molecule has 0 radical (unpaired) electrons. The minimum Gasteiger partial charge on any atom is -0.390 e. The van der Waals surface area contributed by atoms with Gasteiger partial charge in [-0.1, -0.05) is 30.3 Å². The van der Waals surface area contributed by atoms with Gasteiger partial charge in [0.2, 0.25) is 0 Å². The van der Waals surface area contributed by atoms with Crippen LogP contribution < -0.4 is 5.32 Å². The van der Waals surface area contributed by atoms with Crippen LogP contribution >= 0.6 is 0 Å². The Balaban J connectivity index is 1.77. The van der Waals surface area contributed by atoms with Gasteiger partial charge in [0.05, 0.1) is 6.54 Å². The van der Waals surface area contributed by atoms with E-state index in [4.69, 9.17) is 5.11 Å². The fourth-order valence-electron chi connectivity index (χ4n) is 2.71. The molecule has 1 aromatic carbocycles. The van der Waals surface area contributed by atoms with E-state index >= 15 is 0 Å². The Labute approximate surface area is 112 Å². The number of rotatable bonds is 5. The number of hydrogen-bond acceptors (Lipinski definition) is 2. The van der Waals surface area contributed by atoms with Gasteiger partial charge in [-0.05, 0) is 37.2 Å². The summed E-state index contributed by atoms with van der Waals surface area (Å²) in [6.45, 7) is -1.51. The van der Waals surface area contributed by atoms with Crippen molar-refractivity contribution in [2.24, 2.45) is 0 Å². The van der Waals surface area contributed by atoms with Crippen molar-refractivity contribution in [3.8, 4) is 0 Å². The molecular formula is C15H21F2NO. The van der Waals surface area contributed by atoms with Gasteiger partial charge in [0.15, 0.2) is 0 Å². The average molecular weight is 269 g/mol. The lowest BCUT2D eigenvalue weighted by atomic mass is 9.82. The monoisotopic (exact) mass is 269 g/mol. The molecule has 0 aliphatic heterocycles. The second kappa shape index (κ2) is 6.44. The fourth-order valence-corrected chi connectivity index (χ4v) is 2.71. The lowest BCUT2D eigenvalue weighted by molar-refractivity contribution is -0.0500. The van der Waals surface area contributed by atoms with Crippen LogP contribution in [0.4, 0.5) is 8.78 Å². The van der Waals surface area contributed by atoms with Crippen molar-refractivity contribution in [1.82, 2.24) is 5.32 Å². The highest BCUT2D eigenvalue weighted by molar-refractivity contribution is 5.20. The highest BCUT2D eigenvalue weighted by Gasteiger charge is 2.29. The molecule has 2 N–H and O–H groups in total. The molecule has 106 valence electrons. The third-order valence-electron chi connectivity index (χ3n) is 3.88. The zero-order chi connectivity index (χ0) is 13.7. The van der Waals surface area contributed by atoms with E-state index in [1.54, 1.807) is 0 Å².